The number of amides is 2. The molecule has 1 N–H and O–H groups in total. The molecular weight excluding hydrogens is 300 g/mol. The minimum absolute atomic E-state index is 0.138. The highest BCUT2D eigenvalue weighted by molar-refractivity contribution is 5.94. The van der Waals surface area contributed by atoms with Crippen LogP contribution >= 0.6 is 0 Å². The predicted octanol–water partition coefficient (Wildman–Crippen LogP) is 3.40. The van der Waals surface area contributed by atoms with Crippen molar-refractivity contribution >= 4 is 11.8 Å². The van der Waals surface area contributed by atoms with Crippen LogP contribution in [0.3, 0.4) is 0 Å². The Labute approximate surface area is 145 Å². The number of carbonyl (C=O) groups excluding carboxylic acids is 2. The van der Waals surface area contributed by atoms with Gasteiger partial charge in [-0.3, -0.25) is 9.59 Å². The summed E-state index contributed by atoms with van der Waals surface area (Å²) in [5, 5.41) is 3.01. The molecule has 4 nitrogen and oxygen atoms in total. The van der Waals surface area contributed by atoms with Crippen molar-refractivity contribution in [3.63, 3.8) is 0 Å². The summed E-state index contributed by atoms with van der Waals surface area (Å²) in [6, 6.07) is 7.79. The predicted molar refractivity (Wildman–Crippen MR) is 96.9 cm³/mol. The minimum atomic E-state index is 0.138. The first kappa shape index (κ1) is 18.5. The molecule has 2 rings (SSSR count). The van der Waals surface area contributed by atoms with Crippen molar-refractivity contribution in [3.8, 4) is 0 Å². The fraction of sp³-hybridized carbons (Fsp3) is 0.600. The van der Waals surface area contributed by atoms with Gasteiger partial charge in [0.05, 0.1) is 0 Å². The van der Waals surface area contributed by atoms with Gasteiger partial charge in [0.25, 0.3) is 5.91 Å². The Balaban J connectivity index is 1.70. The number of aryl methyl sites for hydroxylation is 1. The van der Waals surface area contributed by atoms with Gasteiger partial charge in [0, 0.05) is 31.6 Å². The summed E-state index contributed by atoms with van der Waals surface area (Å²) in [6.07, 6.45) is 3.66. The number of hydrogen-bond acceptors (Lipinski definition) is 2. The first-order chi connectivity index (χ1) is 11.5. The highest BCUT2D eigenvalue weighted by Gasteiger charge is 2.23. The summed E-state index contributed by atoms with van der Waals surface area (Å²) >= 11 is 0. The van der Waals surface area contributed by atoms with Gasteiger partial charge >= 0.3 is 0 Å². The van der Waals surface area contributed by atoms with Crippen molar-refractivity contribution < 1.29 is 9.59 Å². The Morgan fingerprint density at radius 3 is 2.38 bits per heavy atom. The van der Waals surface area contributed by atoms with E-state index in [2.05, 4.69) is 19.2 Å². The van der Waals surface area contributed by atoms with Gasteiger partial charge in [-0.2, -0.15) is 0 Å². The number of rotatable bonds is 6. The Kier molecular flexibility index (Phi) is 6.83. The number of nitrogens with zero attached hydrogens (tertiary/aromatic N) is 1. The molecule has 4 heteroatoms. The summed E-state index contributed by atoms with van der Waals surface area (Å²) in [4.78, 5) is 26.1. The van der Waals surface area contributed by atoms with Crippen molar-refractivity contribution in [2.45, 2.75) is 46.5 Å². The van der Waals surface area contributed by atoms with Crippen molar-refractivity contribution in [2.75, 3.05) is 19.6 Å². The Morgan fingerprint density at radius 1 is 1.17 bits per heavy atom. The summed E-state index contributed by atoms with van der Waals surface area (Å²) < 4.78 is 0. The van der Waals surface area contributed by atoms with E-state index in [9.17, 15) is 9.59 Å². The topological polar surface area (TPSA) is 49.4 Å². The monoisotopic (exact) mass is 330 g/mol. The van der Waals surface area contributed by atoms with Crippen LogP contribution in [0.15, 0.2) is 24.3 Å². The third kappa shape index (κ3) is 5.66. The average molecular weight is 330 g/mol. The van der Waals surface area contributed by atoms with Gasteiger partial charge in [0.2, 0.25) is 5.91 Å². The van der Waals surface area contributed by atoms with Gasteiger partial charge in [0.15, 0.2) is 0 Å². The molecule has 1 aliphatic rings. The molecule has 0 unspecified atom stereocenters. The number of piperidine rings is 1. The molecule has 0 aliphatic carbocycles. The third-order valence-electron chi connectivity index (χ3n) is 4.67. The van der Waals surface area contributed by atoms with Crippen molar-refractivity contribution in [3.05, 3.63) is 35.4 Å². The van der Waals surface area contributed by atoms with Crippen LogP contribution in [0.5, 0.6) is 0 Å². The smallest absolute Gasteiger partial charge is 0.253 e. The van der Waals surface area contributed by atoms with Crippen molar-refractivity contribution in [1.29, 1.82) is 0 Å². The molecule has 1 aliphatic heterocycles. The standard InChI is InChI=1S/C20H30N2O2/c1-15(2)14-19(23)21-11-8-17-9-12-22(13-10-17)20(24)18-6-4-16(3)5-7-18/h4-7,15,17H,8-14H2,1-3H3,(H,21,23). The van der Waals surface area contributed by atoms with Crippen LogP contribution in [-0.4, -0.2) is 36.3 Å². The maximum atomic E-state index is 12.5. The number of hydrogen-bond donors (Lipinski definition) is 1. The lowest BCUT2D eigenvalue weighted by atomic mass is 9.93. The molecule has 24 heavy (non-hydrogen) atoms. The van der Waals surface area contributed by atoms with Crippen molar-refractivity contribution in [2.24, 2.45) is 11.8 Å². The molecule has 0 spiro atoms. The van der Waals surface area contributed by atoms with E-state index in [4.69, 9.17) is 0 Å². The first-order valence-electron chi connectivity index (χ1n) is 9.08. The van der Waals surface area contributed by atoms with E-state index in [0.717, 1.165) is 44.5 Å². The van der Waals surface area contributed by atoms with Crippen LogP contribution in [0, 0.1) is 18.8 Å². The molecule has 1 heterocycles. The maximum absolute atomic E-state index is 12.5. The van der Waals surface area contributed by atoms with Crippen LogP contribution in [0.2, 0.25) is 0 Å². The molecule has 1 aromatic rings. The SMILES string of the molecule is Cc1ccc(C(=O)N2CCC(CCNC(=O)CC(C)C)CC2)cc1. The summed E-state index contributed by atoms with van der Waals surface area (Å²) in [7, 11) is 0. The second kappa shape index (κ2) is 8.86. The number of carbonyl (C=O) groups is 2. The van der Waals surface area contributed by atoms with Gasteiger partial charge in [0.1, 0.15) is 0 Å². The van der Waals surface area contributed by atoms with E-state index in [1.54, 1.807) is 0 Å². The zero-order valence-electron chi connectivity index (χ0n) is 15.2. The number of likely N-dealkylation sites (tertiary alicyclic amines) is 1. The van der Waals surface area contributed by atoms with E-state index in [1.807, 2.05) is 36.1 Å². The number of benzene rings is 1. The molecule has 0 atom stereocenters. The zero-order valence-corrected chi connectivity index (χ0v) is 15.2. The van der Waals surface area contributed by atoms with E-state index in [0.29, 0.717) is 18.3 Å². The molecule has 2 amide bonds. The van der Waals surface area contributed by atoms with E-state index < -0.39 is 0 Å². The lowest BCUT2D eigenvalue weighted by Gasteiger charge is -2.32. The molecule has 0 radical (unpaired) electrons. The van der Waals surface area contributed by atoms with Crippen LogP contribution in [0.25, 0.3) is 0 Å². The highest BCUT2D eigenvalue weighted by Crippen LogP contribution is 2.21. The molecule has 1 aromatic carbocycles. The van der Waals surface area contributed by atoms with E-state index in [1.165, 1.54) is 5.56 Å². The first-order valence-corrected chi connectivity index (χ1v) is 9.08. The van der Waals surface area contributed by atoms with Gasteiger partial charge in [-0.25, -0.2) is 0 Å². The largest absolute Gasteiger partial charge is 0.356 e. The molecule has 0 aromatic heterocycles. The Morgan fingerprint density at radius 2 is 1.79 bits per heavy atom. The molecule has 1 saturated heterocycles. The van der Waals surface area contributed by atoms with E-state index >= 15 is 0 Å². The second-order valence-electron chi connectivity index (χ2n) is 7.34. The minimum Gasteiger partial charge on any atom is -0.356 e. The molecule has 1 fully saturated rings. The number of nitrogens with one attached hydrogen (secondary N) is 1. The normalized spacial score (nSPS) is 15.6. The quantitative estimate of drug-likeness (QED) is 0.869. The fourth-order valence-corrected chi connectivity index (χ4v) is 3.16. The van der Waals surface area contributed by atoms with E-state index in [-0.39, 0.29) is 11.8 Å². The Bertz CT molecular complexity index is 543. The summed E-state index contributed by atoms with van der Waals surface area (Å²) in [6.45, 7) is 8.52. The van der Waals surface area contributed by atoms with Crippen molar-refractivity contribution in [1.82, 2.24) is 10.2 Å². The molecular formula is C20H30N2O2. The Hall–Kier alpha value is -1.84. The lowest BCUT2D eigenvalue weighted by Crippen LogP contribution is -2.39. The molecule has 132 valence electrons. The van der Waals surface area contributed by atoms with Crippen LogP contribution in [0.4, 0.5) is 0 Å². The van der Waals surface area contributed by atoms with Crippen LogP contribution in [-0.2, 0) is 4.79 Å². The van der Waals surface area contributed by atoms with Crippen LogP contribution < -0.4 is 5.32 Å². The summed E-state index contributed by atoms with van der Waals surface area (Å²) in [5.41, 5.74) is 1.95. The average Bonchev–Trinajstić information content (AvgIpc) is 2.55. The van der Waals surface area contributed by atoms with Gasteiger partial charge in [-0.05, 0) is 50.2 Å². The maximum Gasteiger partial charge on any atom is 0.253 e. The lowest BCUT2D eigenvalue weighted by molar-refractivity contribution is -0.121. The highest BCUT2D eigenvalue weighted by atomic mass is 16.2. The van der Waals surface area contributed by atoms with Gasteiger partial charge in [-0.15, -0.1) is 0 Å². The summed E-state index contributed by atoms with van der Waals surface area (Å²) in [5.74, 6) is 1.29. The zero-order chi connectivity index (χ0) is 17.5. The van der Waals surface area contributed by atoms with Crippen LogP contribution in [0.1, 0.15) is 55.5 Å². The second-order valence-corrected chi connectivity index (χ2v) is 7.34. The molecule has 0 saturated carbocycles. The van der Waals surface area contributed by atoms with Gasteiger partial charge in [-0.1, -0.05) is 31.5 Å². The van der Waals surface area contributed by atoms with Gasteiger partial charge < -0.3 is 10.2 Å². The third-order valence-corrected chi connectivity index (χ3v) is 4.67. The fourth-order valence-electron chi connectivity index (χ4n) is 3.16. The molecule has 0 bridgehead atoms.